The summed E-state index contributed by atoms with van der Waals surface area (Å²) in [6.07, 6.45) is 0. The Hall–Kier alpha value is -4.46. The third-order valence-corrected chi connectivity index (χ3v) is 8.17. The number of halogens is 2. The summed E-state index contributed by atoms with van der Waals surface area (Å²) in [6.45, 7) is -0.537. The van der Waals surface area contributed by atoms with Gasteiger partial charge in [0.15, 0.2) is 16.9 Å². The normalized spacial score (nSPS) is 10.7. The molecular formula is C29H20F2N4O4S3. The number of rotatable bonds is 10. The fourth-order valence-corrected chi connectivity index (χ4v) is 5.90. The van der Waals surface area contributed by atoms with Gasteiger partial charge in [-0.3, -0.25) is 14.9 Å². The summed E-state index contributed by atoms with van der Waals surface area (Å²) >= 11 is 3.56. The van der Waals surface area contributed by atoms with Crippen LogP contribution in [0.15, 0.2) is 88.5 Å². The predicted molar refractivity (Wildman–Crippen MR) is 160 cm³/mol. The van der Waals surface area contributed by atoms with E-state index in [0.717, 1.165) is 17.3 Å². The number of amides is 2. The molecule has 0 aliphatic rings. The van der Waals surface area contributed by atoms with Crippen molar-refractivity contribution in [3.8, 4) is 22.5 Å². The molecule has 2 aromatic heterocycles. The minimum absolute atomic E-state index is 0.00330. The Morgan fingerprint density at radius 2 is 1.26 bits per heavy atom. The van der Waals surface area contributed by atoms with Gasteiger partial charge in [0.05, 0.1) is 22.7 Å². The van der Waals surface area contributed by atoms with Gasteiger partial charge in [0.1, 0.15) is 11.6 Å². The van der Waals surface area contributed by atoms with E-state index in [0.29, 0.717) is 32.1 Å². The summed E-state index contributed by atoms with van der Waals surface area (Å²) in [6, 6.07) is 18.3. The largest absolute Gasteiger partial charge is 0.452 e. The molecule has 2 heterocycles. The second-order valence-corrected chi connectivity index (χ2v) is 11.3. The van der Waals surface area contributed by atoms with Gasteiger partial charge in [-0.15, -0.1) is 34.4 Å². The SMILES string of the molecule is O=C(COC(=O)c1ccccc1SCC(=O)Nc1nc(-c2ccc(F)cc2)cs1)Nc1nc(-c2ccc(F)cc2)cs1. The molecular weight excluding hydrogens is 603 g/mol. The molecule has 0 saturated heterocycles. The van der Waals surface area contributed by atoms with Crippen molar-refractivity contribution in [3.63, 3.8) is 0 Å². The predicted octanol–water partition coefficient (Wildman–Crippen LogP) is 6.74. The van der Waals surface area contributed by atoms with Crippen LogP contribution in [0.25, 0.3) is 22.5 Å². The van der Waals surface area contributed by atoms with Gasteiger partial charge in [0.2, 0.25) is 5.91 Å². The van der Waals surface area contributed by atoms with Crippen LogP contribution in [0, 0.1) is 11.6 Å². The summed E-state index contributed by atoms with van der Waals surface area (Å²) in [5, 5.41) is 9.48. The molecule has 5 aromatic rings. The molecule has 0 spiro atoms. The van der Waals surface area contributed by atoms with E-state index in [4.69, 9.17) is 4.74 Å². The topological polar surface area (TPSA) is 110 Å². The molecule has 42 heavy (non-hydrogen) atoms. The molecule has 5 rings (SSSR count). The van der Waals surface area contributed by atoms with Crippen molar-refractivity contribution in [2.24, 2.45) is 0 Å². The van der Waals surface area contributed by atoms with E-state index in [1.54, 1.807) is 59.3 Å². The van der Waals surface area contributed by atoms with Gasteiger partial charge < -0.3 is 10.1 Å². The number of carbonyl (C=O) groups is 3. The Morgan fingerprint density at radius 1 is 0.738 bits per heavy atom. The molecule has 8 nitrogen and oxygen atoms in total. The maximum absolute atomic E-state index is 13.2. The van der Waals surface area contributed by atoms with Gasteiger partial charge in [-0.05, 0) is 60.7 Å². The average molecular weight is 623 g/mol. The molecule has 0 saturated carbocycles. The highest BCUT2D eigenvalue weighted by Crippen LogP contribution is 2.28. The second kappa shape index (κ2) is 13.5. The summed E-state index contributed by atoms with van der Waals surface area (Å²) in [5.74, 6) is -2.33. The fraction of sp³-hybridized carbons (Fsp3) is 0.0690. The van der Waals surface area contributed by atoms with E-state index in [1.165, 1.54) is 46.9 Å². The molecule has 0 radical (unpaired) electrons. The smallest absolute Gasteiger partial charge is 0.339 e. The van der Waals surface area contributed by atoms with E-state index in [2.05, 4.69) is 20.6 Å². The third kappa shape index (κ3) is 7.63. The van der Waals surface area contributed by atoms with Crippen LogP contribution in [0.3, 0.4) is 0 Å². The first-order chi connectivity index (χ1) is 20.3. The number of thioether (sulfide) groups is 1. The zero-order chi connectivity index (χ0) is 29.5. The summed E-state index contributed by atoms with van der Waals surface area (Å²) in [4.78, 5) is 46.8. The Labute approximate surface area is 250 Å². The first-order valence-electron chi connectivity index (χ1n) is 12.3. The number of aromatic nitrogens is 2. The monoisotopic (exact) mass is 622 g/mol. The van der Waals surface area contributed by atoms with Crippen LogP contribution in [-0.2, 0) is 14.3 Å². The molecule has 212 valence electrons. The number of hydrogen-bond donors (Lipinski definition) is 2. The number of benzene rings is 3. The summed E-state index contributed by atoms with van der Waals surface area (Å²) < 4.78 is 31.5. The van der Waals surface area contributed by atoms with Crippen LogP contribution in [0.4, 0.5) is 19.0 Å². The number of esters is 1. The fourth-order valence-electron chi connectivity index (χ4n) is 3.59. The maximum atomic E-state index is 13.2. The van der Waals surface area contributed by atoms with Gasteiger partial charge in [0, 0.05) is 26.8 Å². The quantitative estimate of drug-likeness (QED) is 0.131. The lowest BCUT2D eigenvalue weighted by Crippen LogP contribution is -2.21. The van der Waals surface area contributed by atoms with Crippen molar-refractivity contribution >= 4 is 62.5 Å². The van der Waals surface area contributed by atoms with Crippen LogP contribution in [0.5, 0.6) is 0 Å². The standard InChI is InChI=1S/C29H20F2N4O4S3/c30-19-9-5-17(6-10-19)22-14-41-28(32-22)34-25(36)13-39-27(38)21-3-1-2-4-24(21)40-16-26(37)35-29-33-23(15-42-29)18-7-11-20(31)12-8-18/h1-12,14-15H,13,16H2,(H,32,34,36)(H,33,35,37). The van der Waals surface area contributed by atoms with E-state index < -0.39 is 18.5 Å². The van der Waals surface area contributed by atoms with Crippen LogP contribution in [-0.4, -0.2) is 40.1 Å². The van der Waals surface area contributed by atoms with Gasteiger partial charge in [0.25, 0.3) is 5.91 Å². The first kappa shape index (κ1) is 29.0. The number of anilines is 2. The number of hydrogen-bond acceptors (Lipinski definition) is 9. The molecule has 2 amide bonds. The molecule has 3 aromatic carbocycles. The Kier molecular flexibility index (Phi) is 9.31. The van der Waals surface area contributed by atoms with Crippen molar-refractivity contribution in [2.75, 3.05) is 23.0 Å². The molecule has 0 fully saturated rings. The lowest BCUT2D eigenvalue weighted by atomic mass is 10.2. The van der Waals surface area contributed by atoms with E-state index in [9.17, 15) is 23.2 Å². The van der Waals surface area contributed by atoms with Crippen LogP contribution < -0.4 is 10.6 Å². The highest BCUT2D eigenvalue weighted by Gasteiger charge is 2.17. The molecule has 0 aliphatic heterocycles. The average Bonchev–Trinajstić information content (AvgIpc) is 3.66. The molecule has 13 heteroatoms. The molecule has 0 bridgehead atoms. The highest BCUT2D eigenvalue weighted by atomic mass is 32.2. The van der Waals surface area contributed by atoms with Crippen LogP contribution in [0.2, 0.25) is 0 Å². The number of nitrogens with one attached hydrogen (secondary N) is 2. The number of thiazole rings is 2. The molecule has 0 unspecified atom stereocenters. The summed E-state index contributed by atoms with van der Waals surface area (Å²) in [7, 11) is 0. The molecule has 2 N–H and O–H groups in total. The highest BCUT2D eigenvalue weighted by molar-refractivity contribution is 8.00. The van der Waals surface area contributed by atoms with Gasteiger partial charge in [-0.2, -0.15) is 0 Å². The van der Waals surface area contributed by atoms with Gasteiger partial charge in [-0.25, -0.2) is 23.5 Å². The molecule has 0 aliphatic carbocycles. The number of nitrogens with zero attached hydrogens (tertiary/aromatic N) is 2. The summed E-state index contributed by atoms with van der Waals surface area (Å²) in [5.41, 5.74) is 2.83. The van der Waals surface area contributed by atoms with Crippen LogP contribution >= 0.6 is 34.4 Å². The Bertz CT molecular complexity index is 1720. The number of ether oxygens (including phenoxy) is 1. The lowest BCUT2D eigenvalue weighted by molar-refractivity contribution is -0.119. The second-order valence-electron chi connectivity index (χ2n) is 8.55. The van der Waals surface area contributed by atoms with Crippen molar-refractivity contribution < 1.29 is 27.9 Å². The number of carbonyl (C=O) groups excluding carboxylic acids is 3. The lowest BCUT2D eigenvalue weighted by Gasteiger charge is -2.09. The maximum Gasteiger partial charge on any atom is 0.339 e. The van der Waals surface area contributed by atoms with Crippen LogP contribution in [0.1, 0.15) is 10.4 Å². The Morgan fingerprint density at radius 3 is 1.83 bits per heavy atom. The van der Waals surface area contributed by atoms with Gasteiger partial charge >= 0.3 is 5.97 Å². The molecule has 0 atom stereocenters. The minimum atomic E-state index is -0.719. The van der Waals surface area contributed by atoms with Crippen molar-refractivity contribution in [3.05, 3.63) is 101 Å². The van der Waals surface area contributed by atoms with Crippen molar-refractivity contribution in [1.82, 2.24) is 9.97 Å². The van der Waals surface area contributed by atoms with Crippen molar-refractivity contribution in [1.29, 1.82) is 0 Å². The third-order valence-electron chi connectivity index (χ3n) is 5.58. The van der Waals surface area contributed by atoms with E-state index in [1.807, 2.05) is 0 Å². The minimum Gasteiger partial charge on any atom is -0.452 e. The van der Waals surface area contributed by atoms with E-state index >= 15 is 0 Å². The first-order valence-corrected chi connectivity index (χ1v) is 15.0. The zero-order valence-corrected chi connectivity index (χ0v) is 24.0. The van der Waals surface area contributed by atoms with E-state index in [-0.39, 0.29) is 28.9 Å². The van der Waals surface area contributed by atoms with Crippen molar-refractivity contribution in [2.45, 2.75) is 4.90 Å². The zero-order valence-electron chi connectivity index (χ0n) is 21.5. The Balaban J connectivity index is 1.11. The van der Waals surface area contributed by atoms with Gasteiger partial charge in [-0.1, -0.05) is 12.1 Å².